The topological polar surface area (TPSA) is 115 Å². The maximum absolute atomic E-state index is 14.7. The molecule has 5 heterocycles. The minimum absolute atomic E-state index is 0.177. The van der Waals surface area contributed by atoms with Crippen molar-refractivity contribution in [1.29, 1.82) is 0 Å². The zero-order valence-electron chi connectivity index (χ0n) is 19.3. The van der Waals surface area contributed by atoms with Crippen molar-refractivity contribution in [3.63, 3.8) is 0 Å². The van der Waals surface area contributed by atoms with Crippen LogP contribution >= 0.6 is 0 Å². The number of benzene rings is 1. The number of H-pyrrole nitrogens is 1. The van der Waals surface area contributed by atoms with Crippen LogP contribution in [-0.2, 0) is 12.7 Å². The van der Waals surface area contributed by atoms with Crippen LogP contribution in [0, 0.1) is 5.82 Å². The number of fused-ring (bicyclic) bond motifs is 4. The SMILES string of the molecule is CCNc1cc(F)cc2c1[nH]c1ncc(-c3cnc4ccnn4c3)c(-n3cc(CN)c(C(F)(F)F)n3)c12. The molecule has 37 heavy (non-hydrogen) atoms. The molecule has 0 aliphatic carbocycles. The van der Waals surface area contributed by atoms with Crippen LogP contribution in [-0.4, -0.2) is 40.9 Å². The summed E-state index contributed by atoms with van der Waals surface area (Å²) < 4.78 is 58.8. The maximum Gasteiger partial charge on any atom is 0.435 e. The van der Waals surface area contributed by atoms with Gasteiger partial charge in [0.2, 0.25) is 0 Å². The molecule has 13 heteroatoms. The molecular weight excluding hydrogens is 490 g/mol. The average molecular weight is 509 g/mol. The van der Waals surface area contributed by atoms with Gasteiger partial charge in [0, 0.05) is 66.0 Å². The molecule has 0 amide bonds. The van der Waals surface area contributed by atoms with E-state index in [1.54, 1.807) is 24.7 Å². The van der Waals surface area contributed by atoms with E-state index >= 15 is 0 Å². The molecule has 0 radical (unpaired) electrons. The molecule has 0 saturated heterocycles. The molecule has 0 spiro atoms. The number of anilines is 1. The number of aromatic nitrogens is 7. The number of nitrogens with zero attached hydrogens (tertiary/aromatic N) is 6. The fraction of sp³-hybridized carbons (Fsp3) is 0.167. The third-order valence-electron chi connectivity index (χ3n) is 6.10. The Morgan fingerprint density at radius 1 is 1.14 bits per heavy atom. The largest absolute Gasteiger partial charge is 0.435 e. The highest BCUT2D eigenvalue weighted by molar-refractivity contribution is 6.15. The Labute approximate surface area is 205 Å². The third kappa shape index (κ3) is 3.66. The van der Waals surface area contributed by atoms with Gasteiger partial charge in [-0.25, -0.2) is 23.6 Å². The predicted octanol–water partition coefficient (Wildman–Crippen LogP) is 4.66. The first-order chi connectivity index (χ1) is 17.8. The molecule has 1 aromatic carbocycles. The lowest BCUT2D eigenvalue weighted by Crippen LogP contribution is -2.11. The van der Waals surface area contributed by atoms with Gasteiger partial charge < -0.3 is 16.0 Å². The molecule has 0 unspecified atom stereocenters. The maximum atomic E-state index is 14.7. The molecule has 0 atom stereocenters. The first-order valence-corrected chi connectivity index (χ1v) is 11.3. The number of pyridine rings is 1. The highest BCUT2D eigenvalue weighted by atomic mass is 19.4. The van der Waals surface area contributed by atoms with E-state index in [-0.39, 0.29) is 17.8 Å². The van der Waals surface area contributed by atoms with Crippen molar-refractivity contribution in [1.82, 2.24) is 34.3 Å². The van der Waals surface area contributed by atoms with Crippen LogP contribution in [0.1, 0.15) is 18.2 Å². The zero-order valence-corrected chi connectivity index (χ0v) is 19.3. The molecule has 188 valence electrons. The molecule has 4 N–H and O–H groups in total. The number of hydrogen-bond donors (Lipinski definition) is 3. The fourth-order valence-electron chi connectivity index (χ4n) is 4.55. The standard InChI is InChI=1S/C24H19F4N9/c1-2-30-17-6-14(25)5-15-19-21(37-10-12(7-29)22(35-37)24(26,27)28)16(9-32-23(19)34-20(15)17)13-8-31-18-3-4-33-36(18)11-13/h3-6,8-11,30H,2,7,29H2,1H3,(H,32,34). The van der Waals surface area contributed by atoms with Crippen molar-refractivity contribution in [3.05, 3.63) is 66.3 Å². The first kappa shape index (κ1) is 22.9. The van der Waals surface area contributed by atoms with E-state index in [1.165, 1.54) is 29.0 Å². The monoisotopic (exact) mass is 509 g/mol. The second-order valence-electron chi connectivity index (χ2n) is 8.40. The summed E-state index contributed by atoms with van der Waals surface area (Å²) in [5.41, 5.74) is 7.59. The van der Waals surface area contributed by atoms with E-state index < -0.39 is 17.7 Å². The van der Waals surface area contributed by atoms with Crippen LogP contribution in [0.4, 0.5) is 23.2 Å². The first-order valence-electron chi connectivity index (χ1n) is 11.3. The predicted molar refractivity (Wildman–Crippen MR) is 130 cm³/mol. The summed E-state index contributed by atoms with van der Waals surface area (Å²) in [6, 6.07) is 4.38. The summed E-state index contributed by atoms with van der Waals surface area (Å²) in [6.07, 6.45) is 2.87. The van der Waals surface area contributed by atoms with Gasteiger partial charge in [0.1, 0.15) is 11.5 Å². The fourth-order valence-corrected chi connectivity index (χ4v) is 4.55. The van der Waals surface area contributed by atoms with Gasteiger partial charge in [0.15, 0.2) is 11.3 Å². The number of alkyl halides is 3. The lowest BCUT2D eigenvalue weighted by atomic mass is 10.0. The van der Waals surface area contributed by atoms with Crippen molar-refractivity contribution in [3.8, 4) is 16.8 Å². The summed E-state index contributed by atoms with van der Waals surface area (Å²) in [5.74, 6) is -0.514. The number of aromatic amines is 1. The van der Waals surface area contributed by atoms with E-state index in [1.807, 2.05) is 6.92 Å². The summed E-state index contributed by atoms with van der Waals surface area (Å²) in [7, 11) is 0. The van der Waals surface area contributed by atoms with Crippen LogP contribution in [0.25, 0.3) is 44.4 Å². The molecule has 0 saturated carbocycles. The van der Waals surface area contributed by atoms with Crippen LogP contribution in [0.3, 0.4) is 0 Å². The highest BCUT2D eigenvalue weighted by Gasteiger charge is 2.37. The summed E-state index contributed by atoms with van der Waals surface area (Å²) in [4.78, 5) is 12.1. The Bertz CT molecular complexity index is 1800. The normalized spacial score (nSPS) is 12.3. The highest BCUT2D eigenvalue weighted by Crippen LogP contribution is 2.40. The Morgan fingerprint density at radius 3 is 2.70 bits per heavy atom. The van der Waals surface area contributed by atoms with Gasteiger partial charge in [-0.1, -0.05) is 0 Å². The summed E-state index contributed by atoms with van der Waals surface area (Å²) in [6.45, 7) is 2.03. The number of nitrogens with two attached hydrogens (primary N) is 1. The van der Waals surface area contributed by atoms with Crippen LogP contribution in [0.15, 0.2) is 49.2 Å². The van der Waals surface area contributed by atoms with Crippen molar-refractivity contribution < 1.29 is 17.6 Å². The number of halogens is 4. The number of hydrogen-bond acceptors (Lipinski definition) is 6. The minimum Gasteiger partial charge on any atom is -0.384 e. The van der Waals surface area contributed by atoms with E-state index in [2.05, 4.69) is 30.5 Å². The number of nitrogens with one attached hydrogen (secondary N) is 2. The van der Waals surface area contributed by atoms with E-state index in [4.69, 9.17) is 5.73 Å². The minimum atomic E-state index is -4.72. The van der Waals surface area contributed by atoms with Gasteiger partial charge in [-0.15, -0.1) is 0 Å². The van der Waals surface area contributed by atoms with Crippen molar-refractivity contribution in [2.75, 3.05) is 11.9 Å². The van der Waals surface area contributed by atoms with Gasteiger partial charge in [0.05, 0.1) is 28.5 Å². The lowest BCUT2D eigenvalue weighted by Gasteiger charge is -2.12. The Balaban J connectivity index is 1.74. The summed E-state index contributed by atoms with van der Waals surface area (Å²) >= 11 is 0. The molecule has 0 aliphatic rings. The van der Waals surface area contributed by atoms with Crippen LogP contribution in [0.2, 0.25) is 0 Å². The van der Waals surface area contributed by atoms with Gasteiger partial charge >= 0.3 is 6.18 Å². The number of rotatable bonds is 5. The molecule has 6 aromatic rings. The van der Waals surface area contributed by atoms with Crippen molar-refractivity contribution in [2.24, 2.45) is 5.73 Å². The molecule has 0 fully saturated rings. The lowest BCUT2D eigenvalue weighted by molar-refractivity contribution is -0.141. The van der Waals surface area contributed by atoms with Crippen molar-refractivity contribution >= 4 is 33.3 Å². The molecule has 9 nitrogen and oxygen atoms in total. The molecule has 6 rings (SSSR count). The zero-order chi connectivity index (χ0) is 25.9. The smallest absolute Gasteiger partial charge is 0.384 e. The van der Waals surface area contributed by atoms with Crippen LogP contribution < -0.4 is 11.1 Å². The van der Waals surface area contributed by atoms with Gasteiger partial charge in [-0.3, -0.25) is 0 Å². The van der Waals surface area contributed by atoms with Gasteiger partial charge in [-0.2, -0.15) is 23.4 Å². The Kier molecular flexibility index (Phi) is 5.12. The molecular formula is C24H19F4N9. The molecule has 0 bridgehead atoms. The quantitative estimate of drug-likeness (QED) is 0.291. The van der Waals surface area contributed by atoms with E-state index in [0.29, 0.717) is 50.9 Å². The van der Waals surface area contributed by atoms with Gasteiger partial charge in [-0.05, 0) is 19.1 Å². The Hall–Kier alpha value is -4.52. The third-order valence-corrected chi connectivity index (χ3v) is 6.10. The second kappa shape index (κ2) is 8.27. The van der Waals surface area contributed by atoms with Crippen molar-refractivity contribution in [2.45, 2.75) is 19.6 Å². The Morgan fingerprint density at radius 2 is 1.97 bits per heavy atom. The van der Waals surface area contributed by atoms with Gasteiger partial charge in [0.25, 0.3) is 0 Å². The summed E-state index contributed by atoms with van der Waals surface area (Å²) in [5, 5.41) is 12.0. The van der Waals surface area contributed by atoms with Crippen LogP contribution in [0.5, 0.6) is 0 Å². The average Bonchev–Trinajstić information content (AvgIpc) is 3.59. The molecule has 0 aliphatic heterocycles. The van der Waals surface area contributed by atoms with E-state index in [0.717, 1.165) is 4.68 Å². The van der Waals surface area contributed by atoms with E-state index in [9.17, 15) is 17.6 Å². The second-order valence-corrected chi connectivity index (χ2v) is 8.40. The molecule has 5 aromatic heterocycles.